The molecule has 0 aromatic carbocycles. The third-order valence-electron chi connectivity index (χ3n) is 1.62. The number of carboxylic acid groups (broad SMARTS) is 1. The van der Waals surface area contributed by atoms with E-state index in [-0.39, 0.29) is 19.6 Å². The smallest absolute Gasteiger partial charge is 0.330 e. The highest BCUT2D eigenvalue weighted by molar-refractivity contribution is 5.81. The lowest BCUT2D eigenvalue weighted by atomic mass is 10.1. The Hall–Kier alpha value is -1.85. The summed E-state index contributed by atoms with van der Waals surface area (Å²) in [5, 5.41) is 8.42. The molecule has 0 aromatic rings. The van der Waals surface area contributed by atoms with E-state index in [9.17, 15) is 14.4 Å². The van der Waals surface area contributed by atoms with E-state index < -0.39 is 23.8 Å². The maximum absolute atomic E-state index is 11.1. The van der Waals surface area contributed by atoms with Gasteiger partial charge in [-0.1, -0.05) is 13.5 Å². The zero-order valence-corrected chi connectivity index (χ0v) is 8.97. The average Bonchev–Trinajstić information content (AvgIpc) is 2.22. The minimum absolute atomic E-state index is 0.0730. The molecule has 1 N–H and O–H groups in total. The summed E-state index contributed by atoms with van der Waals surface area (Å²) < 4.78 is 9.24. The van der Waals surface area contributed by atoms with Crippen molar-refractivity contribution in [2.24, 2.45) is 5.92 Å². The maximum atomic E-state index is 11.1. The minimum atomic E-state index is -1.07. The Kier molecular flexibility index (Phi) is 6.58. The van der Waals surface area contributed by atoms with Gasteiger partial charge in [-0.05, 0) is 0 Å². The van der Waals surface area contributed by atoms with Crippen LogP contribution in [0.1, 0.15) is 13.3 Å². The molecule has 0 rings (SSSR count). The summed E-state index contributed by atoms with van der Waals surface area (Å²) in [4.78, 5) is 32.0. The third-order valence-corrected chi connectivity index (χ3v) is 1.62. The van der Waals surface area contributed by atoms with Crippen molar-refractivity contribution in [2.75, 3.05) is 13.2 Å². The topological polar surface area (TPSA) is 89.9 Å². The molecule has 1 unspecified atom stereocenters. The summed E-state index contributed by atoms with van der Waals surface area (Å²) in [6.45, 7) is 4.47. The fourth-order valence-corrected chi connectivity index (χ4v) is 0.831. The van der Waals surface area contributed by atoms with Gasteiger partial charge in [-0.2, -0.15) is 0 Å². The summed E-state index contributed by atoms with van der Waals surface area (Å²) in [7, 11) is 0. The number of rotatable bonds is 7. The molecule has 0 aromatic heterocycles. The van der Waals surface area contributed by atoms with E-state index in [1.807, 2.05) is 0 Å². The van der Waals surface area contributed by atoms with Crippen molar-refractivity contribution >= 4 is 17.9 Å². The van der Waals surface area contributed by atoms with Crippen LogP contribution in [0.3, 0.4) is 0 Å². The van der Waals surface area contributed by atoms with Gasteiger partial charge in [0.1, 0.15) is 13.2 Å². The monoisotopic (exact) mass is 230 g/mol. The van der Waals surface area contributed by atoms with Gasteiger partial charge in [0.05, 0.1) is 12.3 Å². The van der Waals surface area contributed by atoms with Crippen LogP contribution in [-0.2, 0) is 23.9 Å². The van der Waals surface area contributed by atoms with Crippen LogP contribution in [0.5, 0.6) is 0 Å². The van der Waals surface area contributed by atoms with Crippen LogP contribution >= 0.6 is 0 Å². The van der Waals surface area contributed by atoms with E-state index in [4.69, 9.17) is 5.11 Å². The van der Waals surface area contributed by atoms with Gasteiger partial charge in [0.25, 0.3) is 0 Å². The van der Waals surface area contributed by atoms with Crippen LogP contribution in [0.15, 0.2) is 12.7 Å². The predicted octanol–water partition coefficient (Wildman–Crippen LogP) is 0.370. The van der Waals surface area contributed by atoms with Crippen molar-refractivity contribution in [3.05, 3.63) is 12.7 Å². The lowest BCUT2D eigenvalue weighted by molar-refractivity contribution is -0.155. The highest BCUT2D eigenvalue weighted by Crippen LogP contribution is 2.04. The number of hydrogen-bond acceptors (Lipinski definition) is 5. The van der Waals surface area contributed by atoms with Crippen LogP contribution in [0.2, 0.25) is 0 Å². The number of aliphatic carboxylic acids is 1. The van der Waals surface area contributed by atoms with Crippen molar-refractivity contribution in [1.29, 1.82) is 0 Å². The Morgan fingerprint density at radius 3 is 2.38 bits per heavy atom. The number of carbonyl (C=O) groups excluding carboxylic acids is 2. The summed E-state index contributed by atoms with van der Waals surface area (Å²) in [6.07, 6.45) is 0.708. The first-order chi connectivity index (χ1) is 7.47. The van der Waals surface area contributed by atoms with Gasteiger partial charge < -0.3 is 14.6 Å². The molecule has 0 amide bonds. The summed E-state index contributed by atoms with van der Waals surface area (Å²) >= 11 is 0. The van der Waals surface area contributed by atoms with Gasteiger partial charge in [-0.25, -0.2) is 4.79 Å². The predicted molar refractivity (Wildman–Crippen MR) is 53.5 cm³/mol. The Morgan fingerprint density at radius 2 is 1.88 bits per heavy atom. The third kappa shape index (κ3) is 6.58. The van der Waals surface area contributed by atoms with E-state index in [1.165, 1.54) is 6.92 Å². The Bertz CT molecular complexity index is 283. The molecule has 90 valence electrons. The van der Waals surface area contributed by atoms with E-state index in [1.54, 1.807) is 0 Å². The van der Waals surface area contributed by atoms with Gasteiger partial charge in [-0.3, -0.25) is 9.59 Å². The van der Waals surface area contributed by atoms with E-state index >= 15 is 0 Å². The highest BCUT2D eigenvalue weighted by Gasteiger charge is 2.17. The molecule has 6 nitrogen and oxygen atoms in total. The van der Waals surface area contributed by atoms with Crippen LogP contribution in [0.25, 0.3) is 0 Å². The number of hydrogen-bond donors (Lipinski definition) is 1. The molecule has 16 heavy (non-hydrogen) atoms. The zero-order valence-electron chi connectivity index (χ0n) is 8.97. The maximum Gasteiger partial charge on any atom is 0.330 e. The van der Waals surface area contributed by atoms with Crippen molar-refractivity contribution in [1.82, 2.24) is 0 Å². The summed E-state index contributed by atoms with van der Waals surface area (Å²) in [6, 6.07) is 0. The number of esters is 2. The normalized spacial score (nSPS) is 11.3. The molecule has 0 fully saturated rings. The number of carbonyl (C=O) groups is 3. The van der Waals surface area contributed by atoms with Gasteiger partial charge >= 0.3 is 17.9 Å². The van der Waals surface area contributed by atoms with Crippen molar-refractivity contribution < 1.29 is 29.0 Å². The average molecular weight is 230 g/mol. The molecule has 0 aliphatic heterocycles. The first-order valence-corrected chi connectivity index (χ1v) is 4.65. The van der Waals surface area contributed by atoms with Gasteiger partial charge in [-0.15, -0.1) is 0 Å². The number of carboxylic acids is 1. The molecule has 0 aliphatic rings. The standard InChI is InChI=1S/C10H14O6/c1-3-9(13)15-4-5-16-10(14)7(2)6-8(11)12/h3,7H,1,4-6H2,2H3,(H,11,12). The first kappa shape index (κ1) is 14.2. The molecule has 0 spiro atoms. The molecule has 0 radical (unpaired) electrons. The first-order valence-electron chi connectivity index (χ1n) is 4.65. The largest absolute Gasteiger partial charge is 0.481 e. The quantitative estimate of drug-likeness (QED) is 0.386. The SMILES string of the molecule is C=CC(=O)OCCOC(=O)C(C)CC(=O)O. The van der Waals surface area contributed by atoms with Crippen LogP contribution in [-0.4, -0.2) is 36.2 Å². The van der Waals surface area contributed by atoms with E-state index in [0.717, 1.165) is 6.08 Å². The second-order valence-electron chi connectivity index (χ2n) is 3.04. The second-order valence-corrected chi connectivity index (χ2v) is 3.04. The molecule has 0 saturated heterocycles. The Morgan fingerprint density at radius 1 is 1.31 bits per heavy atom. The van der Waals surface area contributed by atoms with Crippen LogP contribution in [0.4, 0.5) is 0 Å². The van der Waals surface area contributed by atoms with Crippen LogP contribution in [0, 0.1) is 5.92 Å². The van der Waals surface area contributed by atoms with Crippen LogP contribution < -0.4 is 0 Å². The molecule has 0 heterocycles. The van der Waals surface area contributed by atoms with E-state index in [0.29, 0.717) is 0 Å². The molecule has 0 saturated carbocycles. The fraction of sp³-hybridized carbons (Fsp3) is 0.500. The second kappa shape index (κ2) is 7.44. The number of ether oxygens (including phenoxy) is 2. The Balaban J connectivity index is 3.68. The highest BCUT2D eigenvalue weighted by atomic mass is 16.6. The molecule has 0 aliphatic carbocycles. The molecular weight excluding hydrogens is 216 g/mol. The lowest BCUT2D eigenvalue weighted by Crippen LogP contribution is -2.20. The molecule has 6 heteroatoms. The molecule has 0 bridgehead atoms. The van der Waals surface area contributed by atoms with Gasteiger partial charge in [0.2, 0.25) is 0 Å². The van der Waals surface area contributed by atoms with Crippen molar-refractivity contribution in [3.8, 4) is 0 Å². The molecule has 1 atom stereocenters. The summed E-state index contributed by atoms with van der Waals surface area (Å²) in [5.74, 6) is -3.01. The summed E-state index contributed by atoms with van der Waals surface area (Å²) in [5.41, 5.74) is 0. The minimum Gasteiger partial charge on any atom is -0.481 e. The Labute approximate surface area is 92.8 Å². The fourth-order valence-electron chi connectivity index (χ4n) is 0.831. The lowest BCUT2D eigenvalue weighted by Gasteiger charge is -2.09. The van der Waals surface area contributed by atoms with Crippen molar-refractivity contribution in [3.63, 3.8) is 0 Å². The van der Waals surface area contributed by atoms with E-state index in [2.05, 4.69) is 16.1 Å². The van der Waals surface area contributed by atoms with Gasteiger partial charge in [0, 0.05) is 6.08 Å². The molecular formula is C10H14O6. The van der Waals surface area contributed by atoms with Crippen molar-refractivity contribution in [2.45, 2.75) is 13.3 Å². The zero-order chi connectivity index (χ0) is 12.6. The van der Waals surface area contributed by atoms with Gasteiger partial charge in [0.15, 0.2) is 0 Å².